The maximum Gasteiger partial charge on any atom is 0.118 e. The van der Waals surface area contributed by atoms with E-state index in [1.165, 1.54) is 0 Å². The Labute approximate surface area is 122 Å². The number of phenolic OH excluding ortho intramolecular Hbond substituents is 1. The Morgan fingerprint density at radius 1 is 0.900 bits per heavy atom. The lowest BCUT2D eigenvalue weighted by Gasteiger charge is -2.08. The van der Waals surface area contributed by atoms with Gasteiger partial charge in [-0.15, -0.1) is 0 Å². The highest BCUT2D eigenvalue weighted by atomic mass is 35.5. The third-order valence-electron chi connectivity index (χ3n) is 3.31. The molecule has 2 nitrogen and oxygen atoms in total. The number of methoxy groups -OCH3 is 1. The quantitative estimate of drug-likeness (QED) is 0.727. The minimum atomic E-state index is 0.219. The number of hydrogen-bond donors (Lipinski definition) is 1. The third kappa shape index (κ3) is 2.30. The minimum absolute atomic E-state index is 0.219. The van der Waals surface area contributed by atoms with Gasteiger partial charge in [-0.05, 0) is 52.9 Å². The number of hydrogen-bond acceptors (Lipinski definition) is 2. The topological polar surface area (TPSA) is 29.5 Å². The summed E-state index contributed by atoms with van der Waals surface area (Å²) in [4.78, 5) is 0. The molecule has 0 amide bonds. The van der Waals surface area contributed by atoms with Crippen LogP contribution in [0.2, 0.25) is 5.02 Å². The van der Waals surface area contributed by atoms with E-state index in [2.05, 4.69) is 6.07 Å². The first kappa shape index (κ1) is 12.8. The lowest BCUT2D eigenvalue weighted by atomic mass is 10.0. The summed E-state index contributed by atoms with van der Waals surface area (Å²) in [5, 5.41) is 12.0. The van der Waals surface area contributed by atoms with Crippen molar-refractivity contribution in [3.05, 3.63) is 59.6 Å². The summed E-state index contributed by atoms with van der Waals surface area (Å²) in [6, 6.07) is 17.0. The summed E-state index contributed by atoms with van der Waals surface area (Å²) >= 11 is 6.31. The Morgan fingerprint density at radius 2 is 1.65 bits per heavy atom. The minimum Gasteiger partial charge on any atom is -0.508 e. The molecule has 0 unspecified atom stereocenters. The lowest BCUT2D eigenvalue weighted by molar-refractivity contribution is 0.415. The van der Waals surface area contributed by atoms with Crippen LogP contribution in [-0.4, -0.2) is 12.2 Å². The molecule has 100 valence electrons. The number of aromatic hydroxyl groups is 1. The average molecular weight is 285 g/mol. The molecule has 0 heterocycles. The maximum absolute atomic E-state index is 9.53. The van der Waals surface area contributed by atoms with Crippen molar-refractivity contribution in [2.24, 2.45) is 0 Å². The van der Waals surface area contributed by atoms with Gasteiger partial charge < -0.3 is 9.84 Å². The standard InChI is InChI=1S/C17H13ClO2/c1-20-15-6-3-11(4-7-15)13-8-12-2-5-14(19)10-16(12)17(18)9-13/h2-10,19H,1H3. The fourth-order valence-corrected chi connectivity index (χ4v) is 2.53. The van der Waals surface area contributed by atoms with E-state index >= 15 is 0 Å². The first-order valence-electron chi connectivity index (χ1n) is 6.24. The molecule has 3 heteroatoms. The fraction of sp³-hybridized carbons (Fsp3) is 0.0588. The highest BCUT2D eigenvalue weighted by Crippen LogP contribution is 2.33. The Hall–Kier alpha value is -2.19. The summed E-state index contributed by atoms with van der Waals surface area (Å²) < 4.78 is 5.16. The van der Waals surface area contributed by atoms with Gasteiger partial charge in [-0.25, -0.2) is 0 Å². The zero-order valence-electron chi connectivity index (χ0n) is 10.9. The molecule has 0 aromatic heterocycles. The van der Waals surface area contributed by atoms with Crippen molar-refractivity contribution in [1.29, 1.82) is 0 Å². The zero-order valence-corrected chi connectivity index (χ0v) is 11.7. The molecular weight excluding hydrogens is 272 g/mol. The van der Waals surface area contributed by atoms with Crippen LogP contribution in [0, 0.1) is 0 Å². The van der Waals surface area contributed by atoms with E-state index in [0.29, 0.717) is 5.02 Å². The molecule has 0 radical (unpaired) electrons. The van der Waals surface area contributed by atoms with E-state index in [0.717, 1.165) is 27.6 Å². The molecule has 20 heavy (non-hydrogen) atoms. The number of halogens is 1. The van der Waals surface area contributed by atoms with Crippen LogP contribution in [0.5, 0.6) is 11.5 Å². The van der Waals surface area contributed by atoms with Gasteiger partial charge in [-0.1, -0.05) is 29.8 Å². The first-order chi connectivity index (χ1) is 9.67. The van der Waals surface area contributed by atoms with Gasteiger partial charge in [0.1, 0.15) is 11.5 Å². The summed E-state index contributed by atoms with van der Waals surface area (Å²) in [6.45, 7) is 0. The molecule has 1 N–H and O–H groups in total. The van der Waals surface area contributed by atoms with Crippen molar-refractivity contribution in [3.63, 3.8) is 0 Å². The van der Waals surface area contributed by atoms with E-state index in [1.807, 2.05) is 36.4 Å². The predicted molar refractivity (Wildman–Crippen MR) is 82.6 cm³/mol. The molecule has 0 aliphatic carbocycles. The van der Waals surface area contributed by atoms with Gasteiger partial charge in [0, 0.05) is 10.4 Å². The Kier molecular flexibility index (Phi) is 3.25. The van der Waals surface area contributed by atoms with Crippen LogP contribution >= 0.6 is 11.6 Å². The summed E-state index contributed by atoms with van der Waals surface area (Å²) in [7, 11) is 1.65. The zero-order chi connectivity index (χ0) is 14.1. The molecule has 0 bridgehead atoms. The molecule has 0 saturated heterocycles. The molecule has 3 aromatic carbocycles. The highest BCUT2D eigenvalue weighted by molar-refractivity contribution is 6.36. The number of phenols is 1. The molecule has 3 rings (SSSR count). The van der Waals surface area contributed by atoms with Crippen LogP contribution in [0.3, 0.4) is 0 Å². The smallest absolute Gasteiger partial charge is 0.118 e. The van der Waals surface area contributed by atoms with Crippen molar-refractivity contribution >= 4 is 22.4 Å². The van der Waals surface area contributed by atoms with Crippen molar-refractivity contribution in [2.75, 3.05) is 7.11 Å². The first-order valence-corrected chi connectivity index (χ1v) is 6.62. The van der Waals surface area contributed by atoms with Crippen molar-refractivity contribution < 1.29 is 9.84 Å². The molecule has 3 aromatic rings. The summed E-state index contributed by atoms with van der Waals surface area (Å²) in [5.41, 5.74) is 2.11. The monoisotopic (exact) mass is 284 g/mol. The van der Waals surface area contributed by atoms with E-state index in [4.69, 9.17) is 16.3 Å². The number of fused-ring (bicyclic) bond motifs is 1. The van der Waals surface area contributed by atoms with Gasteiger partial charge in [0.2, 0.25) is 0 Å². The normalized spacial score (nSPS) is 10.7. The molecular formula is C17H13ClO2. The predicted octanol–water partition coefficient (Wildman–Crippen LogP) is 4.87. The maximum atomic E-state index is 9.53. The van der Waals surface area contributed by atoms with Gasteiger partial charge in [-0.3, -0.25) is 0 Å². The Morgan fingerprint density at radius 3 is 2.35 bits per heavy atom. The number of benzene rings is 3. The second kappa shape index (κ2) is 5.06. The van der Waals surface area contributed by atoms with Gasteiger partial charge in [0.25, 0.3) is 0 Å². The lowest BCUT2D eigenvalue weighted by Crippen LogP contribution is -1.84. The van der Waals surface area contributed by atoms with E-state index in [1.54, 1.807) is 19.2 Å². The van der Waals surface area contributed by atoms with E-state index in [-0.39, 0.29) is 5.75 Å². The highest BCUT2D eigenvalue weighted by Gasteiger charge is 2.05. The van der Waals surface area contributed by atoms with Crippen molar-refractivity contribution in [2.45, 2.75) is 0 Å². The van der Waals surface area contributed by atoms with Gasteiger partial charge in [0.05, 0.1) is 7.11 Å². The number of ether oxygens (including phenoxy) is 1. The van der Waals surface area contributed by atoms with Crippen LogP contribution in [-0.2, 0) is 0 Å². The van der Waals surface area contributed by atoms with Gasteiger partial charge in [0.15, 0.2) is 0 Å². The van der Waals surface area contributed by atoms with Crippen LogP contribution in [0.15, 0.2) is 54.6 Å². The van der Waals surface area contributed by atoms with Crippen LogP contribution in [0.1, 0.15) is 0 Å². The van der Waals surface area contributed by atoms with Crippen molar-refractivity contribution in [3.8, 4) is 22.6 Å². The molecule has 0 atom stereocenters. The van der Waals surface area contributed by atoms with Crippen LogP contribution in [0.4, 0.5) is 0 Å². The second-order valence-electron chi connectivity index (χ2n) is 4.59. The van der Waals surface area contributed by atoms with Crippen LogP contribution in [0.25, 0.3) is 21.9 Å². The largest absolute Gasteiger partial charge is 0.508 e. The summed E-state index contributed by atoms with van der Waals surface area (Å²) in [5.74, 6) is 1.04. The van der Waals surface area contributed by atoms with Crippen LogP contribution < -0.4 is 4.74 Å². The molecule has 0 fully saturated rings. The van der Waals surface area contributed by atoms with E-state index < -0.39 is 0 Å². The Bertz CT molecular complexity index is 764. The number of rotatable bonds is 2. The van der Waals surface area contributed by atoms with Gasteiger partial charge in [-0.2, -0.15) is 0 Å². The average Bonchev–Trinajstić information content (AvgIpc) is 2.48. The van der Waals surface area contributed by atoms with E-state index in [9.17, 15) is 5.11 Å². The van der Waals surface area contributed by atoms with Crippen molar-refractivity contribution in [1.82, 2.24) is 0 Å². The molecule has 0 aliphatic rings. The SMILES string of the molecule is COc1ccc(-c2cc(Cl)c3cc(O)ccc3c2)cc1. The Balaban J connectivity index is 2.14. The second-order valence-corrected chi connectivity index (χ2v) is 5.00. The fourth-order valence-electron chi connectivity index (χ4n) is 2.25. The molecule has 0 saturated carbocycles. The summed E-state index contributed by atoms with van der Waals surface area (Å²) in [6.07, 6.45) is 0. The third-order valence-corrected chi connectivity index (χ3v) is 3.62. The van der Waals surface area contributed by atoms with Gasteiger partial charge >= 0.3 is 0 Å². The molecule has 0 aliphatic heterocycles. The molecule has 0 spiro atoms.